The van der Waals surface area contributed by atoms with E-state index in [0.29, 0.717) is 49.8 Å². The van der Waals surface area contributed by atoms with Crippen LogP contribution in [0.15, 0.2) is 18.3 Å². The second kappa shape index (κ2) is 8.39. The topological polar surface area (TPSA) is 91.6 Å². The molecule has 0 radical (unpaired) electrons. The molecule has 5 aliphatic rings. The molecule has 2 amide bonds. The van der Waals surface area contributed by atoms with Gasteiger partial charge >= 0.3 is 6.18 Å². The highest BCUT2D eigenvalue weighted by Crippen LogP contribution is 2.59. The zero-order valence-corrected chi connectivity index (χ0v) is 19.4. The van der Waals surface area contributed by atoms with Gasteiger partial charge in [-0.3, -0.25) is 14.5 Å². The molecule has 2 unspecified atom stereocenters. The van der Waals surface area contributed by atoms with E-state index in [2.05, 4.69) is 15.2 Å². The van der Waals surface area contributed by atoms with Crippen LogP contribution in [-0.2, 0) is 15.8 Å². The van der Waals surface area contributed by atoms with Crippen molar-refractivity contribution in [2.75, 3.05) is 31.1 Å². The van der Waals surface area contributed by atoms with Crippen LogP contribution in [0.1, 0.15) is 44.6 Å². The fourth-order valence-corrected chi connectivity index (χ4v) is 7.09. The van der Waals surface area contributed by atoms with Crippen molar-refractivity contribution in [2.24, 2.45) is 28.9 Å². The number of hydrogen-bond acceptors (Lipinski definition) is 5. The Balaban J connectivity index is 1.15. The van der Waals surface area contributed by atoms with E-state index in [-0.39, 0.29) is 29.3 Å². The van der Waals surface area contributed by atoms with Crippen molar-refractivity contribution in [3.05, 3.63) is 23.9 Å². The minimum Gasteiger partial charge on any atom is -0.369 e. The molecule has 1 aliphatic heterocycles. The third-order valence-electron chi connectivity index (χ3n) is 8.75. The van der Waals surface area contributed by atoms with E-state index in [4.69, 9.17) is 5.73 Å². The molecule has 3 N–H and O–H groups in total. The van der Waals surface area contributed by atoms with E-state index in [9.17, 15) is 22.8 Å². The Bertz CT molecular complexity index is 929. The molecule has 186 valence electrons. The normalized spacial score (nSPS) is 34.2. The number of nitrogens with zero attached hydrogens (tertiary/aromatic N) is 3. The first-order chi connectivity index (χ1) is 16.1. The van der Waals surface area contributed by atoms with Gasteiger partial charge in [0, 0.05) is 43.8 Å². The summed E-state index contributed by atoms with van der Waals surface area (Å²) in [6.45, 7) is 4.34. The maximum atomic E-state index is 13.2. The first-order valence-corrected chi connectivity index (χ1v) is 12.2. The van der Waals surface area contributed by atoms with Crippen molar-refractivity contribution in [2.45, 2.75) is 57.3 Å². The quantitative estimate of drug-likeness (QED) is 0.677. The maximum Gasteiger partial charge on any atom is 0.417 e. The highest BCUT2D eigenvalue weighted by atomic mass is 19.4. The first-order valence-electron chi connectivity index (χ1n) is 12.2. The van der Waals surface area contributed by atoms with Gasteiger partial charge < -0.3 is 16.0 Å². The summed E-state index contributed by atoms with van der Waals surface area (Å²) in [5.41, 5.74) is 4.65. The maximum absolute atomic E-state index is 13.2. The molecule has 4 saturated carbocycles. The lowest BCUT2D eigenvalue weighted by atomic mass is 9.47. The predicted molar refractivity (Wildman–Crippen MR) is 120 cm³/mol. The standard InChI is InChI=1S/C24H32F3N5O2/c1-14(31-4-6-32(7-5-31)19-3-2-18(13-29-19)24(25,26)27)21(33)30-20-16-8-15-9-17(20)12-23(10-15,11-16)22(28)34/h2-3,13-17,20H,4-12H2,1H3,(H2,28,34)(H,30,33)/t14-,15?,16?,17?,20?,23?/m0/s1. The van der Waals surface area contributed by atoms with Gasteiger partial charge in [0.25, 0.3) is 0 Å². The van der Waals surface area contributed by atoms with Gasteiger partial charge in [0.15, 0.2) is 0 Å². The van der Waals surface area contributed by atoms with Crippen LogP contribution < -0.4 is 16.0 Å². The molecule has 1 aromatic rings. The molecule has 10 heteroatoms. The summed E-state index contributed by atoms with van der Waals surface area (Å²) in [6.07, 6.45) is 1.06. The van der Waals surface area contributed by atoms with Crippen LogP contribution >= 0.6 is 0 Å². The molecule has 3 atom stereocenters. The van der Waals surface area contributed by atoms with E-state index in [1.54, 1.807) is 0 Å². The smallest absolute Gasteiger partial charge is 0.369 e. The Morgan fingerprint density at radius 2 is 1.76 bits per heavy atom. The molecular formula is C24H32F3N5O2. The van der Waals surface area contributed by atoms with Crippen LogP contribution in [0, 0.1) is 23.2 Å². The highest BCUT2D eigenvalue weighted by molar-refractivity contribution is 5.83. The molecule has 7 nitrogen and oxygen atoms in total. The lowest BCUT2D eigenvalue weighted by Crippen LogP contribution is -2.63. The summed E-state index contributed by atoms with van der Waals surface area (Å²) >= 11 is 0. The SMILES string of the molecule is C[C@@H](C(=O)NC1C2CC3CC1CC(C(N)=O)(C3)C2)N1CCN(c2ccc(C(F)(F)F)cn2)CC1. The number of halogens is 3. The van der Waals surface area contributed by atoms with Crippen LogP contribution in [-0.4, -0.2) is 60.0 Å². The molecule has 6 rings (SSSR count). The number of hydrogen-bond donors (Lipinski definition) is 2. The fraction of sp³-hybridized carbons (Fsp3) is 0.708. The van der Waals surface area contributed by atoms with Gasteiger partial charge in [-0.15, -0.1) is 0 Å². The first kappa shape index (κ1) is 23.4. The number of rotatable bonds is 5. The Morgan fingerprint density at radius 1 is 1.12 bits per heavy atom. The number of piperazine rings is 1. The number of nitrogens with one attached hydrogen (secondary N) is 1. The molecule has 4 aliphatic carbocycles. The van der Waals surface area contributed by atoms with E-state index >= 15 is 0 Å². The van der Waals surface area contributed by atoms with Gasteiger partial charge in [0.2, 0.25) is 11.8 Å². The number of aromatic nitrogens is 1. The second-order valence-corrected chi connectivity index (χ2v) is 10.8. The zero-order valence-electron chi connectivity index (χ0n) is 19.4. The van der Waals surface area contributed by atoms with E-state index in [1.807, 2.05) is 11.8 Å². The number of carbonyl (C=O) groups excluding carboxylic acids is 2. The molecule has 5 fully saturated rings. The van der Waals surface area contributed by atoms with Crippen LogP contribution in [0.25, 0.3) is 0 Å². The minimum atomic E-state index is -4.40. The van der Waals surface area contributed by atoms with Crippen molar-refractivity contribution < 1.29 is 22.8 Å². The molecule has 1 saturated heterocycles. The summed E-state index contributed by atoms with van der Waals surface area (Å²) in [5, 5.41) is 3.31. The molecule has 0 aromatic carbocycles. The minimum absolute atomic E-state index is 0.00621. The Hall–Kier alpha value is -2.36. The predicted octanol–water partition coefficient (Wildman–Crippen LogP) is 2.41. The van der Waals surface area contributed by atoms with E-state index in [0.717, 1.165) is 44.4 Å². The summed E-state index contributed by atoms with van der Waals surface area (Å²) in [7, 11) is 0. The Morgan fingerprint density at radius 3 is 2.29 bits per heavy atom. The van der Waals surface area contributed by atoms with Crippen molar-refractivity contribution in [1.82, 2.24) is 15.2 Å². The average molecular weight is 480 g/mol. The Labute approximate surface area is 197 Å². The van der Waals surface area contributed by atoms with Crippen LogP contribution in [0.3, 0.4) is 0 Å². The third-order valence-corrected chi connectivity index (χ3v) is 8.75. The molecule has 4 bridgehead atoms. The highest BCUT2D eigenvalue weighted by Gasteiger charge is 2.58. The van der Waals surface area contributed by atoms with Gasteiger partial charge in [-0.25, -0.2) is 4.98 Å². The van der Waals surface area contributed by atoms with Gasteiger partial charge in [0.05, 0.1) is 11.6 Å². The average Bonchev–Trinajstić information content (AvgIpc) is 2.80. The molecule has 34 heavy (non-hydrogen) atoms. The van der Waals surface area contributed by atoms with Gasteiger partial charge in [-0.2, -0.15) is 13.2 Å². The third kappa shape index (κ3) is 4.14. The summed E-state index contributed by atoms with van der Waals surface area (Å²) < 4.78 is 38.3. The van der Waals surface area contributed by atoms with Crippen molar-refractivity contribution >= 4 is 17.6 Å². The molecule has 0 spiro atoms. The molecule has 2 heterocycles. The lowest BCUT2D eigenvalue weighted by molar-refractivity contribution is -0.148. The summed E-state index contributed by atoms with van der Waals surface area (Å²) in [5.74, 6) is 1.52. The van der Waals surface area contributed by atoms with Crippen molar-refractivity contribution in [3.8, 4) is 0 Å². The number of amides is 2. The number of carbonyl (C=O) groups is 2. The van der Waals surface area contributed by atoms with Crippen LogP contribution in [0.5, 0.6) is 0 Å². The largest absolute Gasteiger partial charge is 0.417 e. The zero-order chi connectivity index (χ0) is 24.3. The number of pyridine rings is 1. The number of nitrogens with two attached hydrogens (primary N) is 1. The summed E-state index contributed by atoms with van der Waals surface area (Å²) in [6, 6.07) is 2.26. The van der Waals surface area contributed by atoms with Gasteiger partial charge in [-0.05, 0) is 68.9 Å². The van der Waals surface area contributed by atoms with E-state index < -0.39 is 11.7 Å². The Kier molecular flexibility index (Phi) is 5.77. The molecular weight excluding hydrogens is 447 g/mol. The molecule has 1 aromatic heterocycles. The monoisotopic (exact) mass is 479 g/mol. The van der Waals surface area contributed by atoms with Gasteiger partial charge in [0.1, 0.15) is 5.82 Å². The lowest BCUT2D eigenvalue weighted by Gasteiger charge is -2.59. The fourth-order valence-electron chi connectivity index (χ4n) is 7.09. The van der Waals surface area contributed by atoms with Crippen molar-refractivity contribution in [3.63, 3.8) is 0 Å². The number of primary amides is 1. The number of anilines is 1. The van der Waals surface area contributed by atoms with Crippen LogP contribution in [0.2, 0.25) is 0 Å². The second-order valence-electron chi connectivity index (χ2n) is 10.8. The van der Waals surface area contributed by atoms with Gasteiger partial charge in [-0.1, -0.05) is 0 Å². The van der Waals surface area contributed by atoms with Crippen molar-refractivity contribution in [1.29, 1.82) is 0 Å². The summed E-state index contributed by atoms with van der Waals surface area (Å²) in [4.78, 5) is 33.4. The van der Waals surface area contributed by atoms with E-state index in [1.165, 1.54) is 6.07 Å². The van der Waals surface area contributed by atoms with Crippen LogP contribution in [0.4, 0.5) is 19.0 Å². The number of alkyl halides is 3.